The molecule has 2 rings (SSSR count). The number of aryl methyl sites for hydroxylation is 1. The minimum absolute atomic E-state index is 0.341. The number of hydrogen-bond acceptors (Lipinski definition) is 3. The van der Waals surface area contributed by atoms with Crippen molar-refractivity contribution in [1.29, 1.82) is 0 Å². The van der Waals surface area contributed by atoms with Crippen molar-refractivity contribution in [2.75, 3.05) is 0 Å². The van der Waals surface area contributed by atoms with Crippen molar-refractivity contribution < 1.29 is 0 Å². The van der Waals surface area contributed by atoms with Gasteiger partial charge in [0.2, 0.25) is 0 Å². The van der Waals surface area contributed by atoms with E-state index >= 15 is 0 Å². The molecule has 0 aliphatic carbocycles. The largest absolute Gasteiger partial charge is 0.364 e. The van der Waals surface area contributed by atoms with Crippen molar-refractivity contribution in [2.45, 2.75) is 0 Å². The highest BCUT2D eigenvalue weighted by Gasteiger charge is 2.00. The molecule has 1 aromatic carbocycles. The summed E-state index contributed by atoms with van der Waals surface area (Å²) >= 11 is 0. The highest BCUT2D eigenvalue weighted by atomic mass is 16.1. The average Bonchev–Trinajstić information content (AvgIpc) is 2.23. The highest BCUT2D eigenvalue weighted by molar-refractivity contribution is 5.56. The second-order valence-electron chi connectivity index (χ2n) is 2.91. The fourth-order valence-electron chi connectivity index (χ4n) is 1.14. The third-order valence-electron chi connectivity index (χ3n) is 1.92. The van der Waals surface area contributed by atoms with E-state index in [4.69, 9.17) is 0 Å². The van der Waals surface area contributed by atoms with E-state index in [1.54, 1.807) is 13.2 Å². The van der Waals surface area contributed by atoms with Crippen molar-refractivity contribution in [3.8, 4) is 11.3 Å². The molecule has 0 unspecified atom stereocenters. The van der Waals surface area contributed by atoms with Gasteiger partial charge in [-0.3, -0.25) is 0 Å². The van der Waals surface area contributed by atoms with Gasteiger partial charge in [0.15, 0.2) is 0 Å². The van der Waals surface area contributed by atoms with Crippen LogP contribution in [0.1, 0.15) is 0 Å². The van der Waals surface area contributed by atoms with E-state index < -0.39 is 0 Å². The van der Waals surface area contributed by atoms with Crippen LogP contribution in [0.4, 0.5) is 0 Å². The van der Waals surface area contributed by atoms with E-state index in [1.807, 2.05) is 30.3 Å². The van der Waals surface area contributed by atoms with Gasteiger partial charge in [0, 0.05) is 12.6 Å². The summed E-state index contributed by atoms with van der Waals surface area (Å²) in [6.07, 6.45) is 1.58. The number of benzene rings is 1. The van der Waals surface area contributed by atoms with Gasteiger partial charge < -0.3 is 0 Å². The summed E-state index contributed by atoms with van der Waals surface area (Å²) in [5.41, 5.74) is 1.16. The Labute approximate surface area is 80.9 Å². The molecule has 0 fully saturated rings. The summed E-state index contributed by atoms with van der Waals surface area (Å²) in [4.78, 5) is 15.1. The maximum absolute atomic E-state index is 11.2. The SMILES string of the molecule is Cn1ncc(-c2ccccc2)nc1=O. The van der Waals surface area contributed by atoms with Gasteiger partial charge in [-0.2, -0.15) is 10.1 Å². The number of rotatable bonds is 1. The van der Waals surface area contributed by atoms with Crippen molar-refractivity contribution in [3.05, 3.63) is 47.0 Å². The van der Waals surface area contributed by atoms with Gasteiger partial charge in [0.25, 0.3) is 0 Å². The smallest absolute Gasteiger partial charge is 0.244 e. The monoisotopic (exact) mass is 187 g/mol. The van der Waals surface area contributed by atoms with E-state index in [0.29, 0.717) is 5.69 Å². The van der Waals surface area contributed by atoms with Crippen LogP contribution in [0, 0.1) is 0 Å². The van der Waals surface area contributed by atoms with Crippen molar-refractivity contribution in [2.24, 2.45) is 7.05 Å². The Balaban J connectivity index is 2.54. The molecule has 0 radical (unpaired) electrons. The van der Waals surface area contributed by atoms with Gasteiger partial charge in [0.1, 0.15) is 0 Å². The highest BCUT2D eigenvalue weighted by Crippen LogP contribution is 2.12. The molecule has 4 nitrogen and oxygen atoms in total. The van der Waals surface area contributed by atoms with Gasteiger partial charge >= 0.3 is 5.69 Å². The Bertz CT molecular complexity index is 490. The molecule has 0 aliphatic rings. The van der Waals surface area contributed by atoms with Crippen LogP contribution in [0.2, 0.25) is 0 Å². The van der Waals surface area contributed by atoms with Gasteiger partial charge in [0.05, 0.1) is 11.9 Å². The summed E-state index contributed by atoms with van der Waals surface area (Å²) in [5, 5.41) is 3.90. The molecule has 4 heteroatoms. The first kappa shape index (κ1) is 8.62. The van der Waals surface area contributed by atoms with E-state index in [9.17, 15) is 4.79 Å². The first-order valence-electron chi connectivity index (χ1n) is 4.23. The zero-order valence-electron chi connectivity index (χ0n) is 7.71. The first-order chi connectivity index (χ1) is 6.77. The maximum Gasteiger partial charge on any atom is 0.364 e. The van der Waals surface area contributed by atoms with Crippen LogP contribution < -0.4 is 5.69 Å². The summed E-state index contributed by atoms with van der Waals surface area (Å²) in [5.74, 6) is 0. The summed E-state index contributed by atoms with van der Waals surface area (Å²) in [6.45, 7) is 0. The Morgan fingerprint density at radius 3 is 2.57 bits per heavy atom. The lowest BCUT2D eigenvalue weighted by Crippen LogP contribution is -2.22. The lowest BCUT2D eigenvalue weighted by Gasteiger charge is -1.99. The molecular formula is C10H9N3O. The van der Waals surface area contributed by atoms with Crippen LogP contribution in [0.25, 0.3) is 11.3 Å². The van der Waals surface area contributed by atoms with Gasteiger partial charge in [-0.25, -0.2) is 9.48 Å². The number of nitrogens with zero attached hydrogens (tertiary/aromatic N) is 3. The summed E-state index contributed by atoms with van der Waals surface area (Å²) in [6, 6.07) is 9.49. The number of hydrogen-bond donors (Lipinski definition) is 0. The second kappa shape index (κ2) is 3.41. The van der Waals surface area contributed by atoms with Crippen molar-refractivity contribution in [3.63, 3.8) is 0 Å². The predicted octanol–water partition coefficient (Wildman–Crippen LogP) is 0.842. The Morgan fingerprint density at radius 1 is 1.21 bits per heavy atom. The molecule has 0 saturated carbocycles. The summed E-state index contributed by atoms with van der Waals surface area (Å²) in [7, 11) is 1.57. The molecule has 0 amide bonds. The molecule has 70 valence electrons. The van der Waals surface area contributed by atoms with Crippen LogP contribution in [0.3, 0.4) is 0 Å². The lowest BCUT2D eigenvalue weighted by atomic mass is 10.2. The fraction of sp³-hybridized carbons (Fsp3) is 0.100. The molecular weight excluding hydrogens is 178 g/mol. The van der Waals surface area contributed by atoms with Gasteiger partial charge in [-0.1, -0.05) is 30.3 Å². The minimum Gasteiger partial charge on any atom is -0.244 e. The van der Waals surface area contributed by atoms with Crippen molar-refractivity contribution in [1.82, 2.24) is 14.8 Å². The van der Waals surface area contributed by atoms with Crippen LogP contribution in [0.5, 0.6) is 0 Å². The van der Waals surface area contributed by atoms with Crippen LogP contribution in [0.15, 0.2) is 41.3 Å². The minimum atomic E-state index is -0.341. The van der Waals surface area contributed by atoms with E-state index in [2.05, 4.69) is 10.1 Å². The van der Waals surface area contributed by atoms with Gasteiger partial charge in [-0.05, 0) is 0 Å². The molecule has 2 aromatic rings. The molecule has 0 N–H and O–H groups in total. The van der Waals surface area contributed by atoms with E-state index in [-0.39, 0.29) is 5.69 Å². The normalized spacial score (nSPS) is 10.1. The Morgan fingerprint density at radius 2 is 1.93 bits per heavy atom. The summed E-state index contributed by atoms with van der Waals surface area (Å²) < 4.78 is 1.20. The second-order valence-corrected chi connectivity index (χ2v) is 2.91. The van der Waals surface area contributed by atoms with Crippen LogP contribution in [-0.4, -0.2) is 14.8 Å². The first-order valence-corrected chi connectivity index (χ1v) is 4.23. The van der Waals surface area contributed by atoms with E-state index in [1.165, 1.54) is 4.68 Å². The Hall–Kier alpha value is -1.97. The third kappa shape index (κ3) is 1.54. The third-order valence-corrected chi connectivity index (χ3v) is 1.92. The zero-order chi connectivity index (χ0) is 9.97. The molecule has 0 atom stereocenters. The Kier molecular flexibility index (Phi) is 2.10. The quantitative estimate of drug-likeness (QED) is 0.664. The molecule has 1 aromatic heterocycles. The predicted molar refractivity (Wildman–Crippen MR) is 52.7 cm³/mol. The van der Waals surface area contributed by atoms with E-state index in [0.717, 1.165) is 5.56 Å². The van der Waals surface area contributed by atoms with Gasteiger partial charge in [-0.15, -0.1) is 0 Å². The molecule has 0 saturated heterocycles. The number of aromatic nitrogens is 3. The zero-order valence-corrected chi connectivity index (χ0v) is 7.71. The maximum atomic E-state index is 11.2. The molecule has 0 bridgehead atoms. The fourth-order valence-corrected chi connectivity index (χ4v) is 1.14. The van der Waals surface area contributed by atoms with Crippen molar-refractivity contribution >= 4 is 0 Å². The lowest BCUT2D eigenvalue weighted by molar-refractivity contribution is 0.676. The molecule has 14 heavy (non-hydrogen) atoms. The average molecular weight is 187 g/mol. The molecule has 0 spiro atoms. The van der Waals surface area contributed by atoms with Crippen LogP contribution >= 0.6 is 0 Å². The molecule has 0 aliphatic heterocycles. The molecule has 1 heterocycles. The topological polar surface area (TPSA) is 47.8 Å². The standard InChI is InChI=1S/C10H9N3O/c1-13-10(14)12-9(7-11-13)8-5-3-2-4-6-8/h2-7H,1H3. The van der Waals surface area contributed by atoms with Crippen LogP contribution in [-0.2, 0) is 7.05 Å².